The lowest BCUT2D eigenvalue weighted by atomic mass is 9.90. The first-order valence-corrected chi connectivity index (χ1v) is 11.0. The largest absolute Gasteiger partial charge is 0.379 e. The number of imidazole rings is 1. The van der Waals surface area contributed by atoms with Crippen molar-refractivity contribution in [1.29, 1.82) is 0 Å². The van der Waals surface area contributed by atoms with Gasteiger partial charge in [-0.05, 0) is 25.7 Å². The highest BCUT2D eigenvalue weighted by atomic mass is 16.5. The number of fused-ring (bicyclic) bond motifs is 2. The summed E-state index contributed by atoms with van der Waals surface area (Å²) < 4.78 is 7.44. The summed E-state index contributed by atoms with van der Waals surface area (Å²) in [6.07, 6.45) is 15.9. The minimum atomic E-state index is 0.424. The molecular weight excluding hydrogens is 392 g/mol. The molecule has 2 N–H and O–H groups in total. The van der Waals surface area contributed by atoms with E-state index < -0.39 is 0 Å². The maximum atomic E-state index is 5.51. The van der Waals surface area contributed by atoms with Crippen molar-refractivity contribution in [1.82, 2.24) is 34.2 Å². The maximum absolute atomic E-state index is 5.51. The zero-order chi connectivity index (χ0) is 20.6. The van der Waals surface area contributed by atoms with E-state index in [1.165, 1.54) is 12.8 Å². The Kier molecular flexibility index (Phi) is 4.77. The van der Waals surface area contributed by atoms with Crippen LogP contribution in [0.3, 0.4) is 0 Å². The Morgan fingerprint density at radius 1 is 1.03 bits per heavy atom. The van der Waals surface area contributed by atoms with E-state index in [0.29, 0.717) is 17.9 Å². The summed E-state index contributed by atoms with van der Waals surface area (Å²) in [6, 6.07) is 1.11. The van der Waals surface area contributed by atoms with E-state index in [1.54, 1.807) is 12.5 Å². The highest BCUT2D eigenvalue weighted by molar-refractivity contribution is 6.00. The molecule has 6 rings (SSSR count). The summed E-state index contributed by atoms with van der Waals surface area (Å²) in [7, 11) is 0. The molecule has 160 valence electrons. The third-order valence-electron chi connectivity index (χ3n) is 6.63. The van der Waals surface area contributed by atoms with E-state index >= 15 is 0 Å². The van der Waals surface area contributed by atoms with Crippen LogP contribution in [-0.4, -0.2) is 72.6 Å². The lowest BCUT2D eigenvalue weighted by Crippen LogP contribution is -2.46. The van der Waals surface area contributed by atoms with Gasteiger partial charge in [-0.2, -0.15) is 0 Å². The fourth-order valence-electron chi connectivity index (χ4n) is 4.98. The molecule has 9 nitrogen and oxygen atoms in total. The van der Waals surface area contributed by atoms with Gasteiger partial charge >= 0.3 is 0 Å². The quantitative estimate of drug-likeness (QED) is 0.526. The molecule has 0 atom stereocenters. The molecule has 1 saturated carbocycles. The van der Waals surface area contributed by atoms with E-state index in [9.17, 15) is 0 Å². The van der Waals surface area contributed by atoms with Crippen molar-refractivity contribution in [3.8, 4) is 11.1 Å². The molecule has 2 aliphatic rings. The zero-order valence-electron chi connectivity index (χ0n) is 17.4. The van der Waals surface area contributed by atoms with Gasteiger partial charge in [0, 0.05) is 67.3 Å². The Labute approximate surface area is 179 Å². The molecule has 0 unspecified atom stereocenters. The minimum absolute atomic E-state index is 0.424. The van der Waals surface area contributed by atoms with Crippen LogP contribution >= 0.6 is 0 Å². The van der Waals surface area contributed by atoms with Crippen LogP contribution in [0.15, 0.2) is 37.3 Å². The molecule has 0 spiro atoms. The lowest BCUT2D eigenvalue weighted by molar-refractivity contribution is 0.00791. The average molecular weight is 419 g/mol. The monoisotopic (exact) mass is 418 g/mol. The maximum Gasteiger partial charge on any atom is 0.233 e. The van der Waals surface area contributed by atoms with Crippen LogP contribution in [0.1, 0.15) is 25.7 Å². The zero-order valence-corrected chi connectivity index (χ0v) is 17.4. The number of nitrogens with zero attached hydrogens (tertiary/aromatic N) is 6. The second kappa shape index (κ2) is 7.90. The van der Waals surface area contributed by atoms with Crippen molar-refractivity contribution < 1.29 is 4.74 Å². The number of ether oxygens (including phenoxy) is 1. The second-order valence-corrected chi connectivity index (χ2v) is 8.42. The van der Waals surface area contributed by atoms with E-state index in [0.717, 1.165) is 67.1 Å². The number of morpholine rings is 1. The van der Waals surface area contributed by atoms with Crippen molar-refractivity contribution in [2.75, 3.05) is 31.6 Å². The highest BCUT2D eigenvalue weighted by Crippen LogP contribution is 2.33. The van der Waals surface area contributed by atoms with Gasteiger partial charge in [0.15, 0.2) is 0 Å². The molecular formula is C22H26N8O. The summed E-state index contributed by atoms with van der Waals surface area (Å²) in [6.45, 7) is 3.87. The van der Waals surface area contributed by atoms with Crippen LogP contribution < -0.4 is 5.32 Å². The fraction of sp³-hybridized carbons (Fsp3) is 0.455. The molecule has 0 bridgehead atoms. The van der Waals surface area contributed by atoms with Crippen molar-refractivity contribution in [3.05, 3.63) is 37.3 Å². The minimum Gasteiger partial charge on any atom is -0.379 e. The number of anilines is 1. The average Bonchev–Trinajstić information content (AvgIpc) is 3.47. The van der Waals surface area contributed by atoms with Crippen molar-refractivity contribution in [2.45, 2.75) is 37.8 Å². The second-order valence-electron chi connectivity index (χ2n) is 8.42. The van der Waals surface area contributed by atoms with Gasteiger partial charge in [0.2, 0.25) is 5.78 Å². The number of rotatable bonds is 4. The van der Waals surface area contributed by atoms with Gasteiger partial charge in [0.05, 0.1) is 18.6 Å². The first-order chi connectivity index (χ1) is 15.3. The molecule has 0 radical (unpaired) electrons. The number of hydrogen-bond donors (Lipinski definition) is 2. The van der Waals surface area contributed by atoms with Crippen LogP contribution in [0.25, 0.3) is 27.9 Å². The normalized spacial score (nSPS) is 22.8. The van der Waals surface area contributed by atoms with Gasteiger partial charge in [-0.25, -0.2) is 19.9 Å². The first-order valence-electron chi connectivity index (χ1n) is 11.0. The molecule has 1 aliphatic heterocycles. The van der Waals surface area contributed by atoms with Crippen LogP contribution in [-0.2, 0) is 4.74 Å². The van der Waals surface area contributed by atoms with Crippen molar-refractivity contribution in [3.63, 3.8) is 0 Å². The Hall–Kier alpha value is -3.04. The topological polar surface area (TPSA) is 96.3 Å². The highest BCUT2D eigenvalue weighted by Gasteiger charge is 2.27. The van der Waals surface area contributed by atoms with E-state index in [4.69, 9.17) is 4.74 Å². The molecule has 9 heteroatoms. The Bertz CT molecular complexity index is 1190. The van der Waals surface area contributed by atoms with Gasteiger partial charge in [-0.1, -0.05) is 0 Å². The molecule has 31 heavy (non-hydrogen) atoms. The van der Waals surface area contributed by atoms with Crippen molar-refractivity contribution >= 4 is 22.6 Å². The van der Waals surface area contributed by atoms with Crippen LogP contribution in [0.4, 0.5) is 5.82 Å². The predicted octanol–water partition coefficient (Wildman–Crippen LogP) is 2.72. The van der Waals surface area contributed by atoms with Crippen LogP contribution in [0.2, 0.25) is 0 Å². The van der Waals surface area contributed by atoms with E-state index in [2.05, 4.69) is 35.1 Å². The molecule has 4 aromatic rings. The SMILES string of the molecule is c1nc(N[C@H]2CC[C@H](N3CCOCC3)CC2)c2c(-c3cnc4nccn4c3)c[nH]c2n1. The van der Waals surface area contributed by atoms with Crippen LogP contribution in [0, 0.1) is 0 Å². The fourth-order valence-corrected chi connectivity index (χ4v) is 4.98. The van der Waals surface area contributed by atoms with Gasteiger partial charge in [-0.3, -0.25) is 9.30 Å². The summed E-state index contributed by atoms with van der Waals surface area (Å²) >= 11 is 0. The summed E-state index contributed by atoms with van der Waals surface area (Å²) in [5, 5.41) is 4.73. The predicted molar refractivity (Wildman–Crippen MR) is 118 cm³/mol. The standard InChI is InChI=1S/C22H26N8O/c1-3-17(29-7-9-31-10-8-29)4-2-16(1)28-21-19-18(12-24-20(19)26-14-27-21)15-11-25-22-23-5-6-30(22)13-15/h5-6,11-14,16-17H,1-4,7-10H2,(H2,24,26,27,28)/t16-,17-. The van der Waals surface area contributed by atoms with Gasteiger partial charge < -0.3 is 15.0 Å². The van der Waals surface area contributed by atoms with E-state index in [-0.39, 0.29) is 0 Å². The van der Waals surface area contributed by atoms with Crippen molar-refractivity contribution in [2.24, 2.45) is 0 Å². The summed E-state index contributed by atoms with van der Waals surface area (Å²) in [5.74, 6) is 1.58. The smallest absolute Gasteiger partial charge is 0.233 e. The van der Waals surface area contributed by atoms with Crippen LogP contribution in [0.5, 0.6) is 0 Å². The lowest BCUT2D eigenvalue weighted by Gasteiger charge is -2.39. The Morgan fingerprint density at radius 2 is 1.90 bits per heavy atom. The number of hydrogen-bond acceptors (Lipinski definition) is 7. The molecule has 0 aromatic carbocycles. The molecule has 0 amide bonds. The third kappa shape index (κ3) is 3.53. The molecule has 1 saturated heterocycles. The van der Waals surface area contributed by atoms with Gasteiger partial charge in [0.25, 0.3) is 0 Å². The number of H-pyrrole nitrogens is 1. The third-order valence-corrected chi connectivity index (χ3v) is 6.63. The number of aromatic nitrogens is 6. The van der Waals surface area contributed by atoms with Gasteiger partial charge in [0.1, 0.15) is 17.8 Å². The molecule has 5 heterocycles. The molecule has 1 aliphatic carbocycles. The molecule has 4 aromatic heterocycles. The number of aromatic amines is 1. The van der Waals surface area contributed by atoms with E-state index in [1.807, 2.05) is 29.2 Å². The molecule has 2 fully saturated rings. The number of nitrogens with one attached hydrogen (secondary N) is 2. The summed E-state index contributed by atoms with van der Waals surface area (Å²) in [4.78, 5) is 23.7. The summed E-state index contributed by atoms with van der Waals surface area (Å²) in [5.41, 5.74) is 2.88. The Balaban J connectivity index is 1.24. The van der Waals surface area contributed by atoms with Gasteiger partial charge in [-0.15, -0.1) is 0 Å². The Morgan fingerprint density at radius 3 is 2.77 bits per heavy atom. The first kappa shape index (κ1) is 18.7.